The minimum Gasteiger partial charge on any atom is -0.391 e. The van der Waals surface area contributed by atoms with Crippen molar-refractivity contribution in [3.05, 3.63) is 12.3 Å². The molecule has 0 radical (unpaired) electrons. The number of rotatable bonds is 2. The molecule has 1 fully saturated rings. The molecule has 1 aliphatic heterocycles. The van der Waals surface area contributed by atoms with Crippen molar-refractivity contribution in [2.24, 2.45) is 5.41 Å². The number of aliphatic hydroxyl groups excluding tert-OH is 1. The van der Waals surface area contributed by atoms with Crippen LogP contribution in [0.4, 0.5) is 0 Å². The molecule has 16 heavy (non-hydrogen) atoms. The molecule has 1 N–H and O–H groups in total. The van der Waals surface area contributed by atoms with Crippen LogP contribution in [0.3, 0.4) is 0 Å². The Morgan fingerprint density at radius 2 is 2.06 bits per heavy atom. The van der Waals surface area contributed by atoms with Gasteiger partial charge in [0.2, 0.25) is 0 Å². The molecule has 92 valence electrons. The van der Waals surface area contributed by atoms with Crippen molar-refractivity contribution < 1.29 is 5.11 Å². The number of likely N-dealkylation sites (tertiary alicyclic amines) is 1. The normalized spacial score (nSPS) is 20.0. The van der Waals surface area contributed by atoms with Crippen LogP contribution in [0.5, 0.6) is 0 Å². The van der Waals surface area contributed by atoms with E-state index in [-0.39, 0.29) is 6.10 Å². The number of hydrogen-bond acceptors (Lipinski definition) is 2. The first-order valence-electron chi connectivity index (χ1n) is 5.70. The Hall–Kier alpha value is -0.290. The molecule has 3 heteroatoms. The molecule has 1 unspecified atom stereocenters. The molecule has 2 nitrogen and oxygen atoms in total. The third-order valence-electron chi connectivity index (χ3n) is 2.34. The van der Waals surface area contributed by atoms with Crippen LogP contribution in [0, 0.1) is 11.5 Å². The summed E-state index contributed by atoms with van der Waals surface area (Å²) in [4.78, 5) is 2.20. The molecule has 0 bridgehead atoms. The second-order valence-corrected chi connectivity index (χ2v) is 5.97. The SMILES string of the molecule is C#[P+]C.C=C(CC(C)(C)C)N1CCC(O)C1. The van der Waals surface area contributed by atoms with Gasteiger partial charge in [0.1, 0.15) is 0 Å². The van der Waals surface area contributed by atoms with E-state index in [0.717, 1.165) is 34.0 Å². The fourth-order valence-corrected chi connectivity index (χ4v) is 1.75. The summed E-state index contributed by atoms with van der Waals surface area (Å²) in [6, 6.07) is 0. The third kappa shape index (κ3) is 7.06. The summed E-state index contributed by atoms with van der Waals surface area (Å²) < 4.78 is 0. The van der Waals surface area contributed by atoms with Crippen molar-refractivity contribution in [3.63, 3.8) is 0 Å². The molecule has 0 aliphatic carbocycles. The zero-order valence-corrected chi connectivity index (χ0v) is 11.9. The van der Waals surface area contributed by atoms with Crippen LogP contribution in [-0.2, 0) is 0 Å². The minimum atomic E-state index is -0.142. The Kier molecular flexibility index (Phi) is 6.99. The first kappa shape index (κ1) is 15.7. The fraction of sp³-hybridized carbons (Fsp3) is 0.769. The first-order chi connectivity index (χ1) is 7.30. The number of hydrogen-bond donors (Lipinski definition) is 1. The van der Waals surface area contributed by atoms with Gasteiger partial charge in [0.05, 0.1) is 6.10 Å². The summed E-state index contributed by atoms with van der Waals surface area (Å²) in [5.74, 6) is 0. The quantitative estimate of drug-likeness (QED) is 0.752. The molecule has 1 atom stereocenters. The van der Waals surface area contributed by atoms with Gasteiger partial charge in [-0.15, -0.1) is 0 Å². The molecule has 1 heterocycles. The van der Waals surface area contributed by atoms with Crippen LogP contribution in [-0.4, -0.2) is 35.9 Å². The Balaban J connectivity index is 0.000000673. The number of allylic oxidation sites excluding steroid dienone is 1. The maximum atomic E-state index is 9.36. The topological polar surface area (TPSA) is 23.5 Å². The van der Waals surface area contributed by atoms with Crippen LogP contribution in [0.2, 0.25) is 0 Å². The van der Waals surface area contributed by atoms with E-state index in [4.69, 9.17) is 6.13 Å². The molecular weight excluding hydrogens is 217 g/mol. The molecule has 0 spiro atoms. The van der Waals surface area contributed by atoms with Gasteiger partial charge in [0, 0.05) is 18.8 Å². The van der Waals surface area contributed by atoms with Crippen LogP contribution in [0.15, 0.2) is 12.3 Å². The summed E-state index contributed by atoms with van der Waals surface area (Å²) >= 11 is 0. The van der Waals surface area contributed by atoms with Gasteiger partial charge in [-0.05, 0) is 18.3 Å². The van der Waals surface area contributed by atoms with Crippen molar-refractivity contribution >= 4 is 8.04 Å². The summed E-state index contributed by atoms with van der Waals surface area (Å²) in [5.41, 5.74) is 1.47. The molecule has 0 amide bonds. The maximum absolute atomic E-state index is 9.36. The maximum Gasteiger partial charge on any atom is 0.0731 e. The Labute approximate surface area is 102 Å². The van der Waals surface area contributed by atoms with Crippen LogP contribution < -0.4 is 0 Å². The van der Waals surface area contributed by atoms with Gasteiger partial charge < -0.3 is 10.0 Å². The van der Waals surface area contributed by atoms with E-state index in [1.54, 1.807) is 0 Å². The molecule has 0 saturated carbocycles. The molecule has 0 aromatic carbocycles. The predicted octanol–water partition coefficient (Wildman–Crippen LogP) is 3.15. The average molecular weight is 242 g/mol. The number of aliphatic hydroxyl groups is 1. The van der Waals surface area contributed by atoms with E-state index in [1.807, 2.05) is 6.66 Å². The average Bonchev–Trinajstić information content (AvgIpc) is 2.50. The van der Waals surface area contributed by atoms with Crippen molar-refractivity contribution in [1.82, 2.24) is 4.90 Å². The van der Waals surface area contributed by atoms with Gasteiger partial charge in [0.25, 0.3) is 0 Å². The van der Waals surface area contributed by atoms with Gasteiger partial charge in [-0.25, -0.2) is 0 Å². The second-order valence-electron chi connectivity index (χ2n) is 5.45. The Morgan fingerprint density at radius 1 is 1.56 bits per heavy atom. The minimum absolute atomic E-state index is 0.142. The zero-order valence-electron chi connectivity index (χ0n) is 11.0. The Morgan fingerprint density at radius 3 is 2.38 bits per heavy atom. The van der Waals surface area contributed by atoms with E-state index in [2.05, 4.69) is 32.3 Å². The summed E-state index contributed by atoms with van der Waals surface area (Å²) in [5, 5.41) is 9.36. The summed E-state index contributed by atoms with van der Waals surface area (Å²) in [6.45, 7) is 14.3. The van der Waals surface area contributed by atoms with E-state index in [1.165, 1.54) is 5.70 Å². The predicted molar refractivity (Wildman–Crippen MR) is 73.2 cm³/mol. The van der Waals surface area contributed by atoms with E-state index in [9.17, 15) is 5.11 Å². The van der Waals surface area contributed by atoms with Gasteiger partial charge in [-0.1, -0.05) is 27.4 Å². The van der Waals surface area contributed by atoms with Gasteiger partial charge in [-0.3, -0.25) is 0 Å². The third-order valence-corrected chi connectivity index (χ3v) is 2.34. The zero-order chi connectivity index (χ0) is 12.8. The molecule has 1 saturated heterocycles. The smallest absolute Gasteiger partial charge is 0.0731 e. The molecule has 1 aliphatic rings. The fourth-order valence-electron chi connectivity index (χ4n) is 1.75. The van der Waals surface area contributed by atoms with E-state index in [0.29, 0.717) is 5.41 Å². The van der Waals surface area contributed by atoms with Crippen LogP contribution >= 0.6 is 8.04 Å². The standard InChI is InChI=1S/C11H21NO.C2H4P/c1-9(7-11(2,3)4)12-6-5-10(13)8-12;1-3-2/h10,13H,1,5-8H2,2-4H3;1H,2H3/q;+1. The van der Waals surface area contributed by atoms with E-state index >= 15 is 0 Å². The van der Waals surface area contributed by atoms with Crippen molar-refractivity contribution in [1.29, 1.82) is 0 Å². The van der Waals surface area contributed by atoms with Crippen molar-refractivity contribution in [2.45, 2.75) is 39.7 Å². The molecule has 1 rings (SSSR count). The number of β-amino-alcohol motifs (C(OH)–C–C–N with tert-alkyl or cyclic N) is 1. The first-order valence-corrected chi connectivity index (χ1v) is 7.11. The van der Waals surface area contributed by atoms with Gasteiger partial charge in [0.15, 0.2) is 0 Å². The summed E-state index contributed by atoms with van der Waals surface area (Å²) in [6.07, 6.45) is 6.58. The number of nitrogens with zero attached hydrogens (tertiary/aromatic N) is 1. The Bertz CT molecular complexity index is 262. The van der Waals surface area contributed by atoms with Crippen molar-refractivity contribution in [3.8, 4) is 6.13 Å². The van der Waals surface area contributed by atoms with Gasteiger partial charge in [-0.2, -0.15) is 0 Å². The second kappa shape index (κ2) is 7.12. The molecular formula is C13H25NOP+. The van der Waals surface area contributed by atoms with Crippen molar-refractivity contribution in [2.75, 3.05) is 19.8 Å². The largest absolute Gasteiger partial charge is 0.391 e. The molecule has 0 aromatic rings. The molecule has 0 aromatic heterocycles. The van der Waals surface area contributed by atoms with Gasteiger partial charge >= 0.3 is 20.8 Å². The van der Waals surface area contributed by atoms with Crippen LogP contribution in [0.25, 0.3) is 0 Å². The summed E-state index contributed by atoms with van der Waals surface area (Å²) in [7, 11) is 0.917. The van der Waals surface area contributed by atoms with Crippen LogP contribution in [0.1, 0.15) is 33.6 Å². The monoisotopic (exact) mass is 242 g/mol. The van der Waals surface area contributed by atoms with E-state index < -0.39 is 0 Å².